The van der Waals surface area contributed by atoms with E-state index in [0.29, 0.717) is 11.5 Å². The number of rotatable bonds is 7. The summed E-state index contributed by atoms with van der Waals surface area (Å²) in [6.07, 6.45) is 4.34. The normalized spacial score (nSPS) is 10.5. The molecular formula is C17H17NO5. The fourth-order valence-electron chi connectivity index (χ4n) is 1.80. The van der Waals surface area contributed by atoms with Crippen LogP contribution in [0.3, 0.4) is 0 Å². The van der Waals surface area contributed by atoms with E-state index in [4.69, 9.17) is 13.9 Å². The van der Waals surface area contributed by atoms with Crippen LogP contribution in [0.2, 0.25) is 0 Å². The molecule has 0 saturated carbocycles. The minimum absolute atomic E-state index is 0.250. The molecule has 1 amide bonds. The summed E-state index contributed by atoms with van der Waals surface area (Å²) in [5.41, 5.74) is 0.745. The summed E-state index contributed by atoms with van der Waals surface area (Å²) in [6, 6.07) is 10.7. The average molecular weight is 315 g/mol. The highest BCUT2D eigenvalue weighted by molar-refractivity contribution is 5.89. The lowest BCUT2D eigenvalue weighted by Crippen LogP contribution is -2.27. The summed E-state index contributed by atoms with van der Waals surface area (Å²) in [7, 11) is 1.55. The van der Waals surface area contributed by atoms with Crippen molar-refractivity contribution in [1.82, 2.24) is 5.32 Å². The molecule has 1 aromatic heterocycles. The van der Waals surface area contributed by atoms with Crippen molar-refractivity contribution < 1.29 is 23.5 Å². The van der Waals surface area contributed by atoms with Gasteiger partial charge in [0.1, 0.15) is 11.5 Å². The first-order valence-electron chi connectivity index (χ1n) is 6.96. The topological polar surface area (TPSA) is 77.8 Å². The number of hydrogen-bond donors (Lipinski definition) is 1. The van der Waals surface area contributed by atoms with Gasteiger partial charge in [0.05, 0.1) is 19.9 Å². The molecule has 0 atom stereocenters. The van der Waals surface area contributed by atoms with Gasteiger partial charge < -0.3 is 19.2 Å². The van der Waals surface area contributed by atoms with Crippen LogP contribution >= 0.6 is 0 Å². The van der Waals surface area contributed by atoms with Crippen LogP contribution in [-0.2, 0) is 20.9 Å². The summed E-state index contributed by atoms with van der Waals surface area (Å²) in [4.78, 5) is 23.1. The van der Waals surface area contributed by atoms with Crippen LogP contribution in [0.4, 0.5) is 0 Å². The number of nitrogens with one attached hydrogen (secondary N) is 1. The van der Waals surface area contributed by atoms with Gasteiger partial charge in [-0.15, -0.1) is 0 Å². The zero-order valence-electron chi connectivity index (χ0n) is 12.7. The predicted molar refractivity (Wildman–Crippen MR) is 83.5 cm³/mol. The lowest BCUT2D eigenvalue weighted by Gasteiger charge is -2.04. The smallest absolute Gasteiger partial charge is 0.331 e. The Morgan fingerprint density at radius 3 is 2.78 bits per heavy atom. The minimum Gasteiger partial charge on any atom is -0.496 e. The Balaban J connectivity index is 1.76. The van der Waals surface area contributed by atoms with E-state index in [1.807, 2.05) is 12.1 Å². The second-order valence-corrected chi connectivity index (χ2v) is 4.54. The lowest BCUT2D eigenvalue weighted by molar-refractivity contribution is -0.143. The van der Waals surface area contributed by atoms with Crippen LogP contribution in [0.1, 0.15) is 11.3 Å². The standard InChI is InChI=1S/C17H17NO5/c1-21-15-7-3-2-5-13(15)8-9-17(20)23-12-16(19)18-11-14-6-4-10-22-14/h2-10H,11-12H2,1H3,(H,18,19)/b9-8+. The Hall–Kier alpha value is -3.02. The maximum absolute atomic E-state index is 11.6. The van der Waals surface area contributed by atoms with Crippen molar-refractivity contribution in [2.45, 2.75) is 6.54 Å². The molecule has 2 rings (SSSR count). The van der Waals surface area contributed by atoms with Crippen LogP contribution < -0.4 is 10.1 Å². The molecule has 6 nitrogen and oxygen atoms in total. The third kappa shape index (κ3) is 5.35. The van der Waals surface area contributed by atoms with Crippen molar-refractivity contribution in [1.29, 1.82) is 0 Å². The molecule has 1 N–H and O–H groups in total. The van der Waals surface area contributed by atoms with Gasteiger partial charge in [-0.05, 0) is 24.3 Å². The summed E-state index contributed by atoms with van der Waals surface area (Å²) in [6.45, 7) is -0.101. The second kappa shape index (κ2) is 8.43. The van der Waals surface area contributed by atoms with Gasteiger partial charge >= 0.3 is 5.97 Å². The van der Waals surface area contributed by atoms with Crippen molar-refractivity contribution in [3.63, 3.8) is 0 Å². The Morgan fingerprint density at radius 1 is 1.22 bits per heavy atom. The number of carbonyl (C=O) groups is 2. The Morgan fingerprint density at radius 2 is 2.04 bits per heavy atom. The molecule has 0 aliphatic rings. The van der Waals surface area contributed by atoms with E-state index >= 15 is 0 Å². The molecule has 1 aromatic carbocycles. The molecule has 0 aliphatic carbocycles. The summed E-state index contributed by atoms with van der Waals surface area (Å²) in [5, 5.41) is 2.58. The number of para-hydroxylation sites is 1. The molecule has 0 aliphatic heterocycles. The fraction of sp³-hybridized carbons (Fsp3) is 0.176. The van der Waals surface area contributed by atoms with Gasteiger partial charge in [-0.2, -0.15) is 0 Å². The molecule has 0 bridgehead atoms. The van der Waals surface area contributed by atoms with E-state index in [1.54, 1.807) is 37.5 Å². The number of ether oxygens (including phenoxy) is 2. The van der Waals surface area contributed by atoms with E-state index in [-0.39, 0.29) is 13.2 Å². The van der Waals surface area contributed by atoms with Gasteiger partial charge in [0.15, 0.2) is 6.61 Å². The summed E-state index contributed by atoms with van der Waals surface area (Å²) in [5.74, 6) is 0.262. The highest BCUT2D eigenvalue weighted by Gasteiger charge is 2.06. The van der Waals surface area contributed by atoms with Crippen LogP contribution in [0, 0.1) is 0 Å². The van der Waals surface area contributed by atoms with Gasteiger partial charge in [-0.25, -0.2) is 4.79 Å². The van der Waals surface area contributed by atoms with Gasteiger partial charge in [-0.1, -0.05) is 18.2 Å². The first-order chi connectivity index (χ1) is 11.2. The quantitative estimate of drug-likeness (QED) is 0.626. The molecule has 0 fully saturated rings. The number of hydrogen-bond acceptors (Lipinski definition) is 5. The number of carbonyl (C=O) groups excluding carboxylic acids is 2. The van der Waals surface area contributed by atoms with E-state index in [0.717, 1.165) is 5.56 Å². The van der Waals surface area contributed by atoms with E-state index in [9.17, 15) is 9.59 Å². The van der Waals surface area contributed by atoms with E-state index in [2.05, 4.69) is 5.32 Å². The van der Waals surface area contributed by atoms with E-state index in [1.165, 1.54) is 12.3 Å². The summed E-state index contributed by atoms with van der Waals surface area (Å²) < 4.78 is 15.1. The Kier molecular flexibility index (Phi) is 5.99. The van der Waals surface area contributed by atoms with Crippen LogP contribution in [0.15, 0.2) is 53.2 Å². The third-order valence-electron chi connectivity index (χ3n) is 2.92. The third-order valence-corrected chi connectivity index (χ3v) is 2.92. The molecule has 0 saturated heterocycles. The molecule has 0 radical (unpaired) electrons. The number of esters is 1. The molecule has 0 unspecified atom stereocenters. The van der Waals surface area contributed by atoms with Crippen molar-refractivity contribution in [2.24, 2.45) is 0 Å². The first kappa shape index (κ1) is 16.4. The molecular weight excluding hydrogens is 298 g/mol. The van der Waals surface area contributed by atoms with Crippen LogP contribution in [0.25, 0.3) is 6.08 Å². The lowest BCUT2D eigenvalue weighted by atomic mass is 10.2. The molecule has 1 heterocycles. The fourth-order valence-corrected chi connectivity index (χ4v) is 1.80. The van der Waals surface area contributed by atoms with Crippen molar-refractivity contribution in [3.8, 4) is 5.75 Å². The zero-order chi connectivity index (χ0) is 16.5. The van der Waals surface area contributed by atoms with Gasteiger partial charge in [0, 0.05) is 11.6 Å². The summed E-state index contributed by atoms with van der Waals surface area (Å²) >= 11 is 0. The average Bonchev–Trinajstić information content (AvgIpc) is 3.10. The number of furan rings is 1. The van der Waals surface area contributed by atoms with Crippen LogP contribution in [-0.4, -0.2) is 25.6 Å². The maximum Gasteiger partial charge on any atom is 0.331 e. The maximum atomic E-state index is 11.6. The molecule has 0 spiro atoms. The highest BCUT2D eigenvalue weighted by Crippen LogP contribution is 2.18. The number of methoxy groups -OCH3 is 1. The molecule has 2 aromatic rings. The van der Waals surface area contributed by atoms with Crippen molar-refractivity contribution in [2.75, 3.05) is 13.7 Å². The van der Waals surface area contributed by atoms with Crippen molar-refractivity contribution in [3.05, 3.63) is 60.1 Å². The number of amides is 1. The highest BCUT2D eigenvalue weighted by atomic mass is 16.5. The minimum atomic E-state index is -0.607. The zero-order valence-corrected chi connectivity index (χ0v) is 12.7. The van der Waals surface area contributed by atoms with Crippen molar-refractivity contribution >= 4 is 18.0 Å². The largest absolute Gasteiger partial charge is 0.496 e. The predicted octanol–water partition coefficient (Wildman–Crippen LogP) is 2.16. The molecule has 6 heteroatoms. The van der Waals surface area contributed by atoms with Gasteiger partial charge in [0.25, 0.3) is 5.91 Å². The Labute approximate surface area is 133 Å². The second-order valence-electron chi connectivity index (χ2n) is 4.54. The van der Waals surface area contributed by atoms with Crippen LogP contribution in [0.5, 0.6) is 5.75 Å². The number of benzene rings is 1. The van der Waals surface area contributed by atoms with Gasteiger partial charge in [-0.3, -0.25) is 4.79 Å². The first-order valence-corrected chi connectivity index (χ1v) is 6.96. The monoisotopic (exact) mass is 315 g/mol. The SMILES string of the molecule is COc1ccccc1/C=C/C(=O)OCC(=O)NCc1ccco1. The van der Waals surface area contributed by atoms with E-state index < -0.39 is 11.9 Å². The Bertz CT molecular complexity index is 676. The molecule has 23 heavy (non-hydrogen) atoms. The van der Waals surface area contributed by atoms with Gasteiger partial charge in [0.2, 0.25) is 0 Å². The molecule has 120 valence electrons.